The standard InChI is InChI=1S/C26H24F3N5O2/c1-25(2)15-34(12-13-36-25)17-6-7-18(20(14-17)26(27,28)29)23-32-21-5-3-4-19(22(21)33-23)24(35)31-16-8-10-30-11-9-16/h3-11,14H,12-13,15H2,1-2H3,(H,32,33)(H,30,31,35). The number of imidazole rings is 1. The van der Waals surface area contributed by atoms with Crippen LogP contribution in [0, 0.1) is 0 Å². The maximum Gasteiger partial charge on any atom is 0.417 e. The highest BCUT2D eigenvalue weighted by atomic mass is 19.4. The van der Waals surface area contributed by atoms with Gasteiger partial charge in [-0.15, -0.1) is 0 Å². The summed E-state index contributed by atoms with van der Waals surface area (Å²) in [5.74, 6) is -0.387. The fourth-order valence-corrected chi connectivity index (χ4v) is 4.38. The zero-order valence-corrected chi connectivity index (χ0v) is 19.7. The SMILES string of the molecule is CC1(C)CN(c2ccc(-c3nc4c(C(=O)Nc5ccncc5)cccc4[nH]3)c(C(F)(F)F)c2)CCO1. The summed E-state index contributed by atoms with van der Waals surface area (Å²) in [6, 6.07) is 12.4. The molecule has 2 N–H and O–H groups in total. The molecule has 0 unspecified atom stereocenters. The second-order valence-corrected chi connectivity index (χ2v) is 9.23. The summed E-state index contributed by atoms with van der Waals surface area (Å²) in [6.07, 6.45) is -1.51. The maximum atomic E-state index is 14.2. The van der Waals surface area contributed by atoms with Gasteiger partial charge in [-0.2, -0.15) is 13.2 Å². The van der Waals surface area contributed by atoms with E-state index in [0.29, 0.717) is 36.6 Å². The van der Waals surface area contributed by atoms with Crippen molar-refractivity contribution in [2.75, 3.05) is 29.9 Å². The van der Waals surface area contributed by atoms with Crippen molar-refractivity contribution in [1.82, 2.24) is 15.0 Å². The molecule has 10 heteroatoms. The van der Waals surface area contributed by atoms with Crippen LogP contribution in [0.1, 0.15) is 29.8 Å². The number of H-pyrrole nitrogens is 1. The van der Waals surface area contributed by atoms with Crippen LogP contribution in [0.25, 0.3) is 22.4 Å². The van der Waals surface area contributed by atoms with Crippen LogP contribution < -0.4 is 10.2 Å². The fraction of sp³-hybridized carbons (Fsp3) is 0.269. The van der Waals surface area contributed by atoms with E-state index in [1.165, 1.54) is 6.07 Å². The molecule has 4 aromatic rings. The summed E-state index contributed by atoms with van der Waals surface area (Å²) in [5, 5.41) is 2.76. The van der Waals surface area contributed by atoms with Crippen molar-refractivity contribution >= 4 is 28.3 Å². The molecule has 7 nitrogen and oxygen atoms in total. The number of anilines is 2. The highest BCUT2D eigenvalue weighted by Crippen LogP contribution is 2.39. The highest BCUT2D eigenvalue weighted by Gasteiger charge is 2.36. The van der Waals surface area contributed by atoms with Gasteiger partial charge < -0.3 is 19.9 Å². The second kappa shape index (κ2) is 8.94. The topological polar surface area (TPSA) is 83.1 Å². The number of pyridine rings is 1. The summed E-state index contributed by atoms with van der Waals surface area (Å²) in [5.41, 5.74) is 0.654. The van der Waals surface area contributed by atoms with Gasteiger partial charge in [0, 0.05) is 42.4 Å². The molecule has 0 bridgehead atoms. The number of halogens is 3. The number of benzene rings is 2. The highest BCUT2D eigenvalue weighted by molar-refractivity contribution is 6.11. The van der Waals surface area contributed by atoms with Crippen LogP contribution in [0.3, 0.4) is 0 Å². The van der Waals surface area contributed by atoms with Crippen molar-refractivity contribution in [1.29, 1.82) is 0 Å². The number of hydrogen-bond acceptors (Lipinski definition) is 5. The number of aromatic amines is 1. The molecule has 2 aromatic heterocycles. The number of nitrogens with one attached hydrogen (secondary N) is 2. The third kappa shape index (κ3) is 4.76. The van der Waals surface area contributed by atoms with E-state index in [9.17, 15) is 18.0 Å². The van der Waals surface area contributed by atoms with Crippen LogP contribution in [0.15, 0.2) is 60.9 Å². The number of alkyl halides is 3. The van der Waals surface area contributed by atoms with Gasteiger partial charge >= 0.3 is 6.18 Å². The molecule has 1 fully saturated rings. The third-order valence-electron chi connectivity index (χ3n) is 6.05. The Morgan fingerprint density at radius 2 is 1.92 bits per heavy atom. The Labute approximate surface area is 205 Å². The molecule has 1 aliphatic rings. The number of morpholine rings is 1. The molecule has 0 spiro atoms. The van der Waals surface area contributed by atoms with Crippen molar-refractivity contribution in [3.05, 3.63) is 72.1 Å². The molecule has 3 heterocycles. The van der Waals surface area contributed by atoms with E-state index in [4.69, 9.17) is 4.74 Å². The van der Waals surface area contributed by atoms with Crippen LogP contribution in [-0.2, 0) is 10.9 Å². The smallest absolute Gasteiger partial charge is 0.372 e. The zero-order chi connectivity index (χ0) is 25.5. The summed E-state index contributed by atoms with van der Waals surface area (Å²) in [6.45, 7) is 5.24. The van der Waals surface area contributed by atoms with Gasteiger partial charge in [0.2, 0.25) is 0 Å². The Morgan fingerprint density at radius 1 is 1.14 bits per heavy atom. The molecule has 186 valence electrons. The first-order chi connectivity index (χ1) is 17.1. The van der Waals surface area contributed by atoms with Crippen LogP contribution in [0.2, 0.25) is 0 Å². The number of aromatic nitrogens is 3. The minimum absolute atomic E-state index is 0.0374. The average Bonchev–Trinajstić information content (AvgIpc) is 3.27. The average molecular weight is 496 g/mol. The number of carbonyl (C=O) groups excluding carboxylic acids is 1. The van der Waals surface area contributed by atoms with E-state index in [-0.39, 0.29) is 22.5 Å². The van der Waals surface area contributed by atoms with Crippen molar-refractivity contribution in [3.8, 4) is 11.4 Å². The fourth-order valence-electron chi connectivity index (χ4n) is 4.38. The summed E-state index contributed by atoms with van der Waals surface area (Å²) >= 11 is 0. The van der Waals surface area contributed by atoms with Gasteiger partial charge in [-0.1, -0.05) is 6.07 Å². The van der Waals surface area contributed by atoms with Gasteiger partial charge in [0.05, 0.1) is 28.9 Å². The molecule has 5 rings (SSSR count). The van der Waals surface area contributed by atoms with Crippen molar-refractivity contribution in [3.63, 3.8) is 0 Å². The van der Waals surface area contributed by atoms with Gasteiger partial charge in [0.1, 0.15) is 11.3 Å². The van der Waals surface area contributed by atoms with E-state index < -0.39 is 23.2 Å². The van der Waals surface area contributed by atoms with Crippen molar-refractivity contribution in [2.45, 2.75) is 25.6 Å². The Hall–Kier alpha value is -3.92. The second-order valence-electron chi connectivity index (χ2n) is 9.23. The molecular formula is C26H24F3N5O2. The molecule has 1 saturated heterocycles. The zero-order valence-electron chi connectivity index (χ0n) is 19.7. The van der Waals surface area contributed by atoms with Crippen LogP contribution in [-0.4, -0.2) is 46.2 Å². The number of hydrogen-bond donors (Lipinski definition) is 2. The van der Waals surface area contributed by atoms with Gasteiger partial charge in [-0.05, 0) is 56.3 Å². The molecule has 0 saturated carbocycles. The molecule has 36 heavy (non-hydrogen) atoms. The first kappa shape index (κ1) is 23.8. The number of ether oxygens (including phenoxy) is 1. The number of rotatable bonds is 4. The normalized spacial score (nSPS) is 15.8. The minimum Gasteiger partial charge on any atom is -0.372 e. The van der Waals surface area contributed by atoms with Crippen molar-refractivity contribution < 1.29 is 22.7 Å². The quantitative estimate of drug-likeness (QED) is 0.390. The number of para-hydroxylation sites is 1. The summed E-state index contributed by atoms with van der Waals surface area (Å²) in [7, 11) is 0. The number of amides is 1. The van der Waals surface area contributed by atoms with E-state index in [1.807, 2.05) is 18.7 Å². The lowest BCUT2D eigenvalue weighted by atomic mass is 10.0. The van der Waals surface area contributed by atoms with Crippen molar-refractivity contribution in [2.24, 2.45) is 0 Å². The van der Waals surface area contributed by atoms with Crippen LogP contribution in [0.5, 0.6) is 0 Å². The van der Waals surface area contributed by atoms with E-state index in [0.717, 1.165) is 6.07 Å². The first-order valence-corrected chi connectivity index (χ1v) is 11.4. The van der Waals surface area contributed by atoms with Crippen LogP contribution in [0.4, 0.5) is 24.5 Å². The Morgan fingerprint density at radius 3 is 2.64 bits per heavy atom. The molecule has 1 aliphatic heterocycles. The van der Waals surface area contributed by atoms with Gasteiger partial charge in [-0.25, -0.2) is 4.98 Å². The Balaban J connectivity index is 1.53. The summed E-state index contributed by atoms with van der Waals surface area (Å²) < 4.78 is 48.2. The van der Waals surface area contributed by atoms with Gasteiger partial charge in [0.15, 0.2) is 0 Å². The third-order valence-corrected chi connectivity index (χ3v) is 6.05. The van der Waals surface area contributed by atoms with E-state index in [1.54, 1.807) is 48.8 Å². The number of nitrogens with zero attached hydrogens (tertiary/aromatic N) is 3. The molecule has 0 radical (unpaired) electrons. The molecule has 2 aromatic carbocycles. The summed E-state index contributed by atoms with van der Waals surface area (Å²) in [4.78, 5) is 26.1. The molecule has 0 aliphatic carbocycles. The van der Waals surface area contributed by atoms with Gasteiger partial charge in [0.25, 0.3) is 5.91 Å². The largest absolute Gasteiger partial charge is 0.417 e. The monoisotopic (exact) mass is 495 g/mol. The van der Waals surface area contributed by atoms with Gasteiger partial charge in [-0.3, -0.25) is 9.78 Å². The minimum atomic E-state index is -4.60. The predicted octanol–water partition coefficient (Wildman–Crippen LogP) is 5.51. The van der Waals surface area contributed by atoms with E-state index >= 15 is 0 Å². The van der Waals surface area contributed by atoms with E-state index in [2.05, 4.69) is 20.3 Å². The van der Waals surface area contributed by atoms with Crippen LogP contribution >= 0.6 is 0 Å². The lowest BCUT2D eigenvalue weighted by molar-refractivity contribution is -0.137. The molecule has 0 atom stereocenters. The number of fused-ring (bicyclic) bond motifs is 1. The molecule has 1 amide bonds. The molecular weight excluding hydrogens is 471 g/mol. The Kier molecular flexibility index (Phi) is 5.91. The Bertz CT molecular complexity index is 1420. The first-order valence-electron chi connectivity index (χ1n) is 11.4. The lowest BCUT2D eigenvalue weighted by Crippen LogP contribution is -2.48. The predicted molar refractivity (Wildman–Crippen MR) is 131 cm³/mol. The number of carbonyl (C=O) groups is 1. The lowest BCUT2D eigenvalue weighted by Gasteiger charge is -2.39. The maximum absolute atomic E-state index is 14.2.